The Bertz CT molecular complexity index is 1350. The van der Waals surface area contributed by atoms with Crippen molar-refractivity contribution in [3.63, 3.8) is 0 Å². The normalized spacial score (nSPS) is 11.2. The van der Waals surface area contributed by atoms with E-state index in [4.69, 9.17) is 5.73 Å². The van der Waals surface area contributed by atoms with Crippen LogP contribution < -0.4 is 16.0 Å². The van der Waals surface area contributed by atoms with E-state index in [1.165, 1.54) is 16.8 Å². The standard InChI is InChI=1S/C22H23N5O4S/c1-14-9-10-18(26-32(30,31)13-16-7-5-4-6-8-16)22(29)27(14)21-20(23)15(2)17(12-25-21)11-19(28)24-3/h4-10,12,26H,3,11,13,23H2,1-2H3. The molecule has 10 heteroatoms. The highest BCUT2D eigenvalue weighted by molar-refractivity contribution is 7.91. The van der Waals surface area contributed by atoms with Crippen LogP contribution in [0, 0.1) is 13.8 Å². The van der Waals surface area contributed by atoms with Gasteiger partial charge in [-0.15, -0.1) is 0 Å². The molecule has 9 nitrogen and oxygen atoms in total. The molecule has 1 amide bonds. The summed E-state index contributed by atoms with van der Waals surface area (Å²) >= 11 is 0. The van der Waals surface area contributed by atoms with Crippen molar-refractivity contribution in [1.82, 2.24) is 9.55 Å². The summed E-state index contributed by atoms with van der Waals surface area (Å²) in [5.41, 5.74) is 7.94. The van der Waals surface area contributed by atoms with Crippen molar-refractivity contribution >= 4 is 34.0 Å². The number of carbonyl (C=O) groups is 1. The number of sulfonamides is 1. The third-order valence-corrected chi connectivity index (χ3v) is 6.19. The number of aryl methyl sites for hydroxylation is 1. The third kappa shape index (κ3) is 4.92. The summed E-state index contributed by atoms with van der Waals surface area (Å²) in [5, 5.41) is 0. The van der Waals surface area contributed by atoms with Gasteiger partial charge in [-0.25, -0.2) is 18.4 Å². The van der Waals surface area contributed by atoms with Crippen LogP contribution in [-0.4, -0.2) is 30.6 Å². The van der Waals surface area contributed by atoms with Crippen LogP contribution in [0.25, 0.3) is 5.82 Å². The number of nitrogens with zero attached hydrogens (tertiary/aromatic N) is 3. The van der Waals surface area contributed by atoms with E-state index in [1.807, 2.05) is 0 Å². The highest BCUT2D eigenvalue weighted by Crippen LogP contribution is 2.23. The first-order valence-corrected chi connectivity index (χ1v) is 11.3. The van der Waals surface area contributed by atoms with Crippen LogP contribution >= 0.6 is 0 Å². The molecule has 2 heterocycles. The van der Waals surface area contributed by atoms with E-state index < -0.39 is 21.5 Å². The molecular formula is C22H23N5O4S. The van der Waals surface area contributed by atoms with Crippen LogP contribution in [-0.2, 0) is 27.0 Å². The summed E-state index contributed by atoms with van der Waals surface area (Å²) in [7, 11) is -3.83. The number of carbonyl (C=O) groups excluding carboxylic acids is 1. The summed E-state index contributed by atoms with van der Waals surface area (Å²) in [6.45, 7) is 6.60. The number of nitrogens with one attached hydrogen (secondary N) is 1. The lowest BCUT2D eigenvalue weighted by molar-refractivity contribution is -0.117. The first-order chi connectivity index (χ1) is 15.1. The van der Waals surface area contributed by atoms with Crippen LogP contribution in [0.3, 0.4) is 0 Å². The number of hydrogen-bond acceptors (Lipinski definition) is 6. The molecule has 0 radical (unpaired) electrons. The quantitative estimate of drug-likeness (QED) is 0.526. The van der Waals surface area contributed by atoms with Crippen molar-refractivity contribution in [2.24, 2.45) is 4.99 Å². The molecule has 0 fully saturated rings. The Morgan fingerprint density at radius 2 is 1.88 bits per heavy atom. The molecule has 0 saturated carbocycles. The Balaban J connectivity index is 2.00. The fraction of sp³-hybridized carbons (Fsp3) is 0.182. The molecule has 0 aliphatic heterocycles. The van der Waals surface area contributed by atoms with Crippen molar-refractivity contribution < 1.29 is 13.2 Å². The number of rotatable bonds is 7. The SMILES string of the molecule is C=NC(=O)Cc1cnc(-n2c(C)ccc(NS(=O)(=O)Cc3ccccc3)c2=O)c(N)c1C. The van der Waals surface area contributed by atoms with Gasteiger partial charge in [0.25, 0.3) is 5.56 Å². The molecule has 0 bridgehead atoms. The fourth-order valence-corrected chi connectivity index (χ4v) is 4.38. The molecule has 0 saturated heterocycles. The summed E-state index contributed by atoms with van der Waals surface area (Å²) in [6, 6.07) is 11.6. The van der Waals surface area contributed by atoms with Crippen molar-refractivity contribution in [2.45, 2.75) is 26.0 Å². The van der Waals surface area contributed by atoms with Crippen molar-refractivity contribution in [3.8, 4) is 5.82 Å². The van der Waals surface area contributed by atoms with Gasteiger partial charge >= 0.3 is 0 Å². The molecular weight excluding hydrogens is 430 g/mol. The van der Waals surface area contributed by atoms with Gasteiger partial charge in [-0.1, -0.05) is 30.3 Å². The molecule has 0 aliphatic rings. The lowest BCUT2D eigenvalue weighted by Gasteiger charge is -2.16. The van der Waals surface area contributed by atoms with Gasteiger partial charge in [-0.05, 0) is 49.4 Å². The zero-order valence-electron chi connectivity index (χ0n) is 17.7. The topological polar surface area (TPSA) is 137 Å². The predicted molar refractivity (Wildman–Crippen MR) is 125 cm³/mol. The summed E-state index contributed by atoms with van der Waals surface area (Å²) < 4.78 is 28.8. The first kappa shape index (κ1) is 22.9. The maximum Gasteiger partial charge on any atom is 0.280 e. The zero-order chi connectivity index (χ0) is 23.5. The number of amides is 1. The van der Waals surface area contributed by atoms with Gasteiger partial charge in [-0.2, -0.15) is 0 Å². The Morgan fingerprint density at radius 3 is 2.53 bits per heavy atom. The Kier molecular flexibility index (Phi) is 6.54. The molecule has 3 rings (SSSR count). The molecule has 3 N–H and O–H groups in total. The number of nitrogens with two attached hydrogens (primary N) is 1. The maximum absolute atomic E-state index is 13.2. The highest BCUT2D eigenvalue weighted by Gasteiger charge is 2.19. The average molecular weight is 454 g/mol. The van der Waals surface area contributed by atoms with E-state index in [2.05, 4.69) is 21.4 Å². The molecule has 0 aliphatic carbocycles. The average Bonchev–Trinajstić information content (AvgIpc) is 2.75. The van der Waals surface area contributed by atoms with Crippen LogP contribution in [0.5, 0.6) is 0 Å². The molecule has 0 unspecified atom stereocenters. The number of aromatic nitrogens is 2. The van der Waals surface area contributed by atoms with Gasteiger partial charge in [0, 0.05) is 11.9 Å². The van der Waals surface area contributed by atoms with Crippen LogP contribution in [0.4, 0.5) is 11.4 Å². The van der Waals surface area contributed by atoms with Crippen molar-refractivity contribution in [2.75, 3.05) is 10.5 Å². The Morgan fingerprint density at radius 1 is 1.19 bits per heavy atom. The number of benzene rings is 1. The van der Waals surface area contributed by atoms with Gasteiger partial charge in [0.05, 0.1) is 17.9 Å². The van der Waals surface area contributed by atoms with E-state index in [1.54, 1.807) is 50.2 Å². The fourth-order valence-electron chi connectivity index (χ4n) is 3.19. The van der Waals surface area contributed by atoms with Gasteiger partial charge < -0.3 is 5.73 Å². The molecule has 1 aromatic carbocycles. The molecule has 3 aromatic rings. The number of nitrogen functional groups attached to an aromatic ring is 1. The summed E-state index contributed by atoms with van der Waals surface area (Å²) in [4.78, 5) is 32.4. The monoisotopic (exact) mass is 453 g/mol. The third-order valence-electron chi connectivity index (χ3n) is 4.94. The minimum absolute atomic E-state index is 0.0139. The molecule has 166 valence electrons. The second-order valence-electron chi connectivity index (χ2n) is 7.25. The van der Waals surface area contributed by atoms with E-state index >= 15 is 0 Å². The lowest BCUT2D eigenvalue weighted by atomic mass is 10.1. The molecule has 2 aromatic heterocycles. The Labute approximate surface area is 185 Å². The van der Waals surface area contributed by atoms with Crippen LogP contribution in [0.1, 0.15) is 22.4 Å². The Hall–Kier alpha value is -3.79. The van der Waals surface area contributed by atoms with Gasteiger partial charge in [0.15, 0.2) is 5.82 Å². The number of aliphatic imine (C=N–C) groups is 1. The maximum atomic E-state index is 13.2. The van der Waals surface area contributed by atoms with Crippen molar-refractivity contribution in [3.05, 3.63) is 81.4 Å². The summed E-state index contributed by atoms with van der Waals surface area (Å²) in [5.74, 6) is -0.553. The van der Waals surface area contributed by atoms with Gasteiger partial charge in [-0.3, -0.25) is 18.9 Å². The molecule has 0 atom stereocenters. The summed E-state index contributed by atoms with van der Waals surface area (Å²) in [6.07, 6.45) is 1.43. The molecule has 0 spiro atoms. The van der Waals surface area contributed by atoms with Crippen LogP contribution in [0.2, 0.25) is 0 Å². The van der Waals surface area contributed by atoms with E-state index in [0.717, 1.165) is 0 Å². The van der Waals surface area contributed by atoms with Gasteiger partial charge in [0.1, 0.15) is 5.69 Å². The van der Waals surface area contributed by atoms with Crippen molar-refractivity contribution in [1.29, 1.82) is 0 Å². The first-order valence-electron chi connectivity index (χ1n) is 9.64. The lowest BCUT2D eigenvalue weighted by Crippen LogP contribution is -2.28. The predicted octanol–water partition coefficient (Wildman–Crippen LogP) is 2.14. The highest BCUT2D eigenvalue weighted by atomic mass is 32.2. The second-order valence-corrected chi connectivity index (χ2v) is 8.97. The van der Waals surface area contributed by atoms with E-state index in [-0.39, 0.29) is 29.4 Å². The van der Waals surface area contributed by atoms with E-state index in [9.17, 15) is 18.0 Å². The molecule has 32 heavy (non-hydrogen) atoms. The zero-order valence-corrected chi connectivity index (χ0v) is 18.5. The minimum Gasteiger partial charge on any atom is -0.395 e. The minimum atomic E-state index is -3.83. The second kappa shape index (κ2) is 9.15. The van der Waals surface area contributed by atoms with Crippen LogP contribution in [0.15, 0.2) is 58.4 Å². The van der Waals surface area contributed by atoms with E-state index in [0.29, 0.717) is 22.4 Å². The largest absolute Gasteiger partial charge is 0.395 e. The number of pyridine rings is 2. The smallest absolute Gasteiger partial charge is 0.280 e. The number of hydrogen-bond donors (Lipinski definition) is 2. The number of anilines is 2. The van der Waals surface area contributed by atoms with Gasteiger partial charge in [0.2, 0.25) is 15.9 Å².